The Bertz CT molecular complexity index is 638. The maximum atomic E-state index is 3.68. The second-order valence-corrected chi connectivity index (χ2v) is 6.24. The Morgan fingerprint density at radius 2 is 1.91 bits per heavy atom. The zero-order chi connectivity index (χ0) is 14.8. The van der Waals surface area contributed by atoms with Gasteiger partial charge in [0.2, 0.25) is 0 Å². The van der Waals surface area contributed by atoms with Crippen LogP contribution >= 0.6 is 0 Å². The van der Waals surface area contributed by atoms with Crippen LogP contribution in [0.2, 0.25) is 0 Å². The van der Waals surface area contributed by atoms with E-state index in [1.54, 1.807) is 0 Å². The van der Waals surface area contributed by atoms with Gasteiger partial charge in [-0.25, -0.2) is 0 Å². The van der Waals surface area contributed by atoms with E-state index in [9.17, 15) is 0 Å². The predicted octanol–water partition coefficient (Wildman–Crippen LogP) is 3.20. The number of nitrogens with one attached hydrogen (secondary N) is 2. The molecule has 0 bridgehead atoms. The largest absolute Gasteiger partial charge is 0.385 e. The molecule has 2 aromatic carbocycles. The van der Waals surface area contributed by atoms with Crippen LogP contribution < -0.4 is 15.5 Å². The minimum Gasteiger partial charge on any atom is -0.385 e. The summed E-state index contributed by atoms with van der Waals surface area (Å²) in [7, 11) is 0. The number of anilines is 2. The normalized spacial score (nSPS) is 21.1. The third kappa shape index (κ3) is 2.69. The van der Waals surface area contributed by atoms with Crippen molar-refractivity contribution in [3.63, 3.8) is 0 Å². The molecule has 2 aromatic rings. The molecule has 0 spiro atoms. The van der Waals surface area contributed by atoms with Gasteiger partial charge in [0.15, 0.2) is 0 Å². The van der Waals surface area contributed by atoms with E-state index >= 15 is 0 Å². The summed E-state index contributed by atoms with van der Waals surface area (Å²) in [4.78, 5) is 2.48. The molecule has 2 aliphatic rings. The number of piperazine rings is 1. The minimum absolute atomic E-state index is 0.418. The van der Waals surface area contributed by atoms with Crippen LogP contribution in [0.5, 0.6) is 0 Å². The second kappa shape index (κ2) is 6.01. The summed E-state index contributed by atoms with van der Waals surface area (Å²) < 4.78 is 0. The third-order valence-electron chi connectivity index (χ3n) is 4.77. The Morgan fingerprint density at radius 1 is 1.00 bits per heavy atom. The number of fused-ring (bicyclic) bond motifs is 1. The molecular weight excluding hydrogens is 270 g/mol. The first-order valence-electron chi connectivity index (χ1n) is 8.30. The van der Waals surface area contributed by atoms with Crippen LogP contribution in [0.1, 0.15) is 23.6 Å². The molecule has 114 valence electrons. The van der Waals surface area contributed by atoms with Crippen LogP contribution in [0.3, 0.4) is 0 Å². The minimum atomic E-state index is 0.418. The van der Waals surface area contributed by atoms with E-state index in [1.165, 1.54) is 35.3 Å². The highest BCUT2D eigenvalue weighted by Crippen LogP contribution is 2.28. The average molecular weight is 293 g/mol. The van der Waals surface area contributed by atoms with Crippen molar-refractivity contribution in [3.05, 3.63) is 59.7 Å². The molecule has 4 rings (SSSR count). The van der Waals surface area contributed by atoms with Gasteiger partial charge in [0.05, 0.1) is 0 Å². The van der Waals surface area contributed by atoms with E-state index in [4.69, 9.17) is 0 Å². The van der Waals surface area contributed by atoms with Gasteiger partial charge < -0.3 is 15.5 Å². The molecular formula is C19H23N3. The number of benzene rings is 2. The van der Waals surface area contributed by atoms with E-state index in [0.29, 0.717) is 6.04 Å². The maximum Gasteiger partial charge on any atom is 0.0499 e. The lowest BCUT2D eigenvalue weighted by molar-refractivity contribution is 0.471. The highest BCUT2D eigenvalue weighted by molar-refractivity contribution is 5.55. The summed E-state index contributed by atoms with van der Waals surface area (Å²) in [5.74, 6) is 0. The van der Waals surface area contributed by atoms with Crippen LogP contribution in [-0.2, 0) is 6.42 Å². The summed E-state index contributed by atoms with van der Waals surface area (Å²) in [5, 5.41) is 7.18. The first-order valence-corrected chi connectivity index (χ1v) is 8.30. The molecule has 1 fully saturated rings. The first-order chi connectivity index (χ1) is 10.9. The lowest BCUT2D eigenvalue weighted by Gasteiger charge is -2.36. The number of nitrogens with zero attached hydrogens (tertiary/aromatic N) is 1. The summed E-state index contributed by atoms with van der Waals surface area (Å²) in [6.07, 6.45) is 2.44. The monoisotopic (exact) mass is 293 g/mol. The van der Waals surface area contributed by atoms with Crippen LogP contribution in [0, 0.1) is 0 Å². The van der Waals surface area contributed by atoms with Gasteiger partial charge in [0.1, 0.15) is 0 Å². The smallest absolute Gasteiger partial charge is 0.0499 e. The van der Waals surface area contributed by atoms with Gasteiger partial charge >= 0.3 is 0 Å². The second-order valence-electron chi connectivity index (χ2n) is 6.24. The van der Waals surface area contributed by atoms with E-state index in [-0.39, 0.29) is 0 Å². The number of hydrogen-bond acceptors (Lipinski definition) is 3. The van der Waals surface area contributed by atoms with Gasteiger partial charge in [0, 0.05) is 43.6 Å². The van der Waals surface area contributed by atoms with Crippen LogP contribution in [0.4, 0.5) is 11.4 Å². The lowest BCUT2D eigenvalue weighted by Crippen LogP contribution is -2.45. The van der Waals surface area contributed by atoms with E-state index in [2.05, 4.69) is 64.1 Å². The Labute approximate surface area is 132 Å². The summed E-state index contributed by atoms with van der Waals surface area (Å²) >= 11 is 0. The van der Waals surface area contributed by atoms with Gasteiger partial charge in [0.25, 0.3) is 0 Å². The quantitative estimate of drug-likeness (QED) is 0.890. The molecule has 0 aliphatic carbocycles. The third-order valence-corrected chi connectivity index (χ3v) is 4.77. The molecule has 2 N–H and O–H groups in total. The molecule has 3 heteroatoms. The number of hydrogen-bond donors (Lipinski definition) is 2. The fraction of sp³-hybridized carbons (Fsp3) is 0.368. The van der Waals surface area contributed by atoms with Crippen molar-refractivity contribution in [3.8, 4) is 0 Å². The van der Waals surface area contributed by atoms with Crippen LogP contribution in [0.15, 0.2) is 48.5 Å². The van der Waals surface area contributed by atoms with E-state index in [1.807, 2.05) is 0 Å². The molecule has 1 unspecified atom stereocenters. The van der Waals surface area contributed by atoms with Gasteiger partial charge in [-0.3, -0.25) is 0 Å². The van der Waals surface area contributed by atoms with Gasteiger partial charge in [-0.05, 0) is 42.2 Å². The van der Waals surface area contributed by atoms with Crippen molar-refractivity contribution < 1.29 is 0 Å². The summed E-state index contributed by atoms with van der Waals surface area (Å²) in [5.41, 5.74) is 5.55. The molecule has 1 atom stereocenters. The van der Waals surface area contributed by atoms with Crippen molar-refractivity contribution in [1.29, 1.82) is 0 Å². The maximum absolute atomic E-state index is 3.68. The topological polar surface area (TPSA) is 27.3 Å². The van der Waals surface area contributed by atoms with Crippen molar-refractivity contribution in [2.45, 2.75) is 18.9 Å². The molecule has 1 saturated heterocycles. The lowest BCUT2D eigenvalue weighted by atomic mass is 9.96. The highest BCUT2D eigenvalue weighted by atomic mass is 15.2. The van der Waals surface area contributed by atoms with Gasteiger partial charge in [-0.1, -0.05) is 30.3 Å². The molecule has 3 nitrogen and oxygen atoms in total. The average Bonchev–Trinajstić information content (AvgIpc) is 2.62. The molecule has 22 heavy (non-hydrogen) atoms. The highest BCUT2D eigenvalue weighted by Gasteiger charge is 2.22. The van der Waals surface area contributed by atoms with E-state index in [0.717, 1.165) is 26.2 Å². The molecule has 0 radical (unpaired) electrons. The van der Waals surface area contributed by atoms with Gasteiger partial charge in [-0.15, -0.1) is 0 Å². The molecule has 0 aromatic heterocycles. The van der Waals surface area contributed by atoms with Crippen molar-refractivity contribution >= 4 is 11.4 Å². The fourth-order valence-electron chi connectivity index (χ4n) is 3.56. The summed E-state index contributed by atoms with van der Waals surface area (Å²) in [6, 6.07) is 18.1. The Balaban J connectivity index is 1.55. The first kappa shape index (κ1) is 13.6. The van der Waals surface area contributed by atoms with Crippen LogP contribution in [0.25, 0.3) is 0 Å². The Hall–Kier alpha value is -2.00. The zero-order valence-corrected chi connectivity index (χ0v) is 12.9. The molecule has 0 amide bonds. The Kier molecular flexibility index (Phi) is 3.73. The number of para-hydroxylation sites is 1. The number of rotatable bonds is 2. The van der Waals surface area contributed by atoms with Crippen molar-refractivity contribution in [1.82, 2.24) is 5.32 Å². The van der Waals surface area contributed by atoms with Crippen LogP contribution in [-0.4, -0.2) is 26.2 Å². The van der Waals surface area contributed by atoms with Gasteiger partial charge in [-0.2, -0.15) is 0 Å². The molecule has 2 heterocycles. The molecule has 0 saturated carbocycles. The summed E-state index contributed by atoms with van der Waals surface area (Å²) in [6.45, 7) is 4.26. The zero-order valence-electron chi connectivity index (χ0n) is 12.9. The standard InChI is InChI=1S/C19H23N3/c1-2-6-17(7-3-1)22-12-11-21-19(14-22)16-8-9-18-15(13-16)5-4-10-20-18/h1-3,6-9,13,19-21H,4-5,10-12,14H2. The number of aryl methyl sites for hydroxylation is 1. The Morgan fingerprint density at radius 3 is 2.82 bits per heavy atom. The predicted molar refractivity (Wildman–Crippen MR) is 92.7 cm³/mol. The van der Waals surface area contributed by atoms with E-state index < -0.39 is 0 Å². The fourth-order valence-corrected chi connectivity index (χ4v) is 3.56. The molecule has 2 aliphatic heterocycles. The van der Waals surface area contributed by atoms with Crippen molar-refractivity contribution in [2.24, 2.45) is 0 Å². The SMILES string of the molecule is c1ccc(N2CCNC(c3ccc4c(c3)CCCN4)C2)cc1. The van der Waals surface area contributed by atoms with Crippen molar-refractivity contribution in [2.75, 3.05) is 36.4 Å².